The molecule has 4 saturated carbocycles. The van der Waals surface area contributed by atoms with E-state index in [1.807, 2.05) is 20.8 Å². The highest BCUT2D eigenvalue weighted by molar-refractivity contribution is 6.00. The molecule has 0 aromatic rings. The predicted octanol–water partition coefficient (Wildman–Crippen LogP) is 5.58. The number of rotatable bonds is 9. The molecule has 93 heavy (non-hydrogen) atoms. The molecule has 3 unspecified atom stereocenters. The van der Waals surface area contributed by atoms with Crippen LogP contribution in [0.4, 0.5) is 17.6 Å². The maximum atomic E-state index is 15.4. The Morgan fingerprint density at radius 1 is 0.581 bits per heavy atom. The fourth-order valence-corrected chi connectivity index (χ4v) is 15.9. The molecule has 0 radical (unpaired) electrons. The lowest BCUT2D eigenvalue weighted by molar-refractivity contribution is -0.201. The zero-order chi connectivity index (χ0) is 68.7. The van der Waals surface area contributed by atoms with Crippen LogP contribution in [-0.2, 0) is 52.7 Å². The molecule has 7 aliphatic rings. The smallest absolute Gasteiger partial charge is 0.343 e. The van der Waals surface area contributed by atoms with Crippen molar-refractivity contribution in [1.82, 2.24) is 55.1 Å². The quantitative estimate of drug-likeness (QED) is 0.240. The zero-order valence-corrected chi connectivity index (χ0v) is 57.2. The summed E-state index contributed by atoms with van der Waals surface area (Å²) in [5.41, 5.74) is -1.48. The molecular weight excluding hydrogens is 1210 g/mol. The van der Waals surface area contributed by atoms with Gasteiger partial charge in [0.15, 0.2) is 0 Å². The molecule has 22 nitrogen and oxygen atoms in total. The van der Waals surface area contributed by atoms with Crippen molar-refractivity contribution in [1.29, 1.82) is 0 Å². The third kappa shape index (κ3) is 16.9. The van der Waals surface area contributed by atoms with Gasteiger partial charge in [0.2, 0.25) is 65.0 Å². The van der Waals surface area contributed by atoms with Crippen molar-refractivity contribution < 1.29 is 70.3 Å². The summed E-state index contributed by atoms with van der Waals surface area (Å²) >= 11 is 0. The van der Waals surface area contributed by atoms with Crippen LogP contribution in [-0.4, -0.2) is 238 Å². The number of fused-ring (bicyclic) bond motifs is 2. The Bertz CT molecular complexity index is 2720. The SMILES string of the molecule is CC[C@H](C)[C@@H]1NC(=O)[C@H](CC(C)C)N(C)C(=O)C[C@@H](C)N(C)C(=O)[C@H](C2CCCC2)N(C)C(=O)C2(CCCC2)NC(=O)[C@@H]2CCCN2C(=O)[C@H](CCC2CCC(C(F)(F)F)C(F)C2)NC(=O)CN(C)C(=O)[C@H](C2CCCC2)N(C)C(=O)[C@@H]2CCN2C(=O)[C@H](C)N(C)C1=O. The Morgan fingerprint density at radius 2 is 1.17 bits per heavy atom. The van der Waals surface area contributed by atoms with E-state index in [2.05, 4.69) is 16.0 Å². The Labute approximate surface area is 547 Å². The van der Waals surface area contributed by atoms with E-state index >= 15 is 18.8 Å². The number of carbonyl (C=O) groups is 11. The molecule has 1 spiro atoms. The van der Waals surface area contributed by atoms with Gasteiger partial charge in [-0.25, -0.2) is 4.39 Å². The Morgan fingerprint density at radius 3 is 1.72 bits per heavy atom. The largest absolute Gasteiger partial charge is 0.394 e. The summed E-state index contributed by atoms with van der Waals surface area (Å²) in [6.45, 7) is 10.4. The second kappa shape index (κ2) is 31.6. The summed E-state index contributed by atoms with van der Waals surface area (Å²) in [7, 11) is 8.98. The summed E-state index contributed by atoms with van der Waals surface area (Å²) in [4.78, 5) is 174. The third-order valence-corrected chi connectivity index (χ3v) is 22.3. The first kappa shape index (κ1) is 74.3. The molecule has 3 saturated heterocycles. The number of hydrogen-bond donors (Lipinski definition) is 3. The number of amides is 11. The normalized spacial score (nSPS) is 32.3. The summed E-state index contributed by atoms with van der Waals surface area (Å²) in [6.07, 6.45) is 0.602. The first-order valence-corrected chi connectivity index (χ1v) is 34.6. The van der Waals surface area contributed by atoms with Gasteiger partial charge in [-0.3, -0.25) is 52.7 Å². The van der Waals surface area contributed by atoms with Crippen LogP contribution in [0.3, 0.4) is 0 Å². The second-order valence-corrected chi connectivity index (χ2v) is 29.0. The van der Waals surface area contributed by atoms with E-state index in [0.29, 0.717) is 51.4 Å². The van der Waals surface area contributed by atoms with Crippen molar-refractivity contribution in [2.45, 2.75) is 261 Å². The Kier molecular flexibility index (Phi) is 25.3. The molecule has 13 atom stereocenters. The van der Waals surface area contributed by atoms with E-state index < -0.39 is 174 Å². The van der Waals surface area contributed by atoms with Crippen molar-refractivity contribution in [2.24, 2.45) is 35.5 Å². The number of carbonyl (C=O) groups excluding carboxylic acids is 11. The molecule has 7 fully saturated rings. The van der Waals surface area contributed by atoms with Crippen molar-refractivity contribution >= 4 is 65.0 Å². The van der Waals surface area contributed by atoms with Crippen LogP contribution in [0, 0.1) is 35.5 Å². The van der Waals surface area contributed by atoms with Crippen LogP contribution in [0.15, 0.2) is 0 Å². The third-order valence-electron chi connectivity index (χ3n) is 22.3. The highest BCUT2D eigenvalue weighted by Gasteiger charge is 2.53. The Hall–Kier alpha value is -6.11. The fraction of sp³-hybridized carbons (Fsp3) is 0.836. The molecule has 26 heteroatoms. The molecule has 0 aromatic heterocycles. The van der Waals surface area contributed by atoms with Gasteiger partial charge in [0.25, 0.3) is 0 Å². The number of likely N-dealkylation sites (N-methyl/N-ethyl adjacent to an activating group) is 6. The van der Waals surface area contributed by atoms with Crippen LogP contribution in [0.25, 0.3) is 0 Å². The standard InChI is InChI=1S/C67H107F4N11O11/c1-13-40(4)54-62(90)77(9)42(6)59(87)82-34-30-50(82)61(89)79(11)55(44-21-14-15-22-44)63(91)75(7)38-52(83)72-48(29-27-43-26-28-46(47(68)37-43)67(69,70)71)60(88)81-33-20-25-49(81)58(86)74-66(31-18-19-32-66)65(93)80(12)56(45-23-16-17-24-45)64(92)76(8)41(5)36-53(84)78(10)51(35-39(2)3)57(85)73-54/h39-51,54-56H,13-38H2,1-12H3,(H,72,83)(H,73,85)(H,74,86)/t40-,41+,42-,43?,46?,47?,48-,49-,50-,51-,54-,55-,56-/m0/s1. The number of halogens is 4. The fourth-order valence-electron chi connectivity index (χ4n) is 15.9. The minimum absolute atomic E-state index is 0.0196. The Balaban J connectivity index is 1.23. The van der Waals surface area contributed by atoms with Crippen molar-refractivity contribution in [3.63, 3.8) is 0 Å². The van der Waals surface area contributed by atoms with Crippen molar-refractivity contribution in [3.8, 4) is 0 Å². The average Bonchev–Trinajstić information content (AvgIpc) is 1.77. The minimum atomic E-state index is -4.73. The van der Waals surface area contributed by atoms with Crippen LogP contribution in [0.1, 0.15) is 189 Å². The van der Waals surface area contributed by atoms with Gasteiger partial charge in [-0.1, -0.05) is 72.6 Å². The highest BCUT2D eigenvalue weighted by atomic mass is 19.4. The average molecular weight is 1320 g/mol. The van der Waals surface area contributed by atoms with Gasteiger partial charge < -0.3 is 55.1 Å². The van der Waals surface area contributed by atoms with Gasteiger partial charge in [-0.05, 0) is 140 Å². The van der Waals surface area contributed by atoms with E-state index in [9.17, 15) is 51.5 Å². The van der Waals surface area contributed by atoms with E-state index in [4.69, 9.17) is 0 Å². The zero-order valence-electron chi connectivity index (χ0n) is 57.2. The van der Waals surface area contributed by atoms with Crippen molar-refractivity contribution in [2.75, 3.05) is 61.9 Å². The molecule has 11 amide bonds. The van der Waals surface area contributed by atoms with E-state index in [-0.39, 0.29) is 88.6 Å². The van der Waals surface area contributed by atoms with Gasteiger partial charge in [0.05, 0.1) is 12.5 Å². The molecule has 4 aliphatic carbocycles. The summed E-state index contributed by atoms with van der Waals surface area (Å²) in [5, 5.41) is 8.80. The number of hydrogen-bond acceptors (Lipinski definition) is 11. The number of alkyl halides is 4. The molecule has 3 aliphatic heterocycles. The van der Waals surface area contributed by atoms with Gasteiger partial charge in [0.1, 0.15) is 60.0 Å². The second-order valence-electron chi connectivity index (χ2n) is 29.0. The maximum Gasteiger partial charge on any atom is 0.394 e. The molecule has 7 rings (SSSR count). The van der Waals surface area contributed by atoms with E-state index in [1.54, 1.807) is 27.9 Å². The first-order chi connectivity index (χ1) is 43.7. The van der Waals surface area contributed by atoms with Gasteiger partial charge >= 0.3 is 6.18 Å². The molecule has 0 aromatic carbocycles. The first-order valence-electron chi connectivity index (χ1n) is 34.6. The topological polar surface area (TPSA) is 250 Å². The van der Waals surface area contributed by atoms with Crippen LogP contribution in [0.5, 0.6) is 0 Å². The van der Waals surface area contributed by atoms with E-state index in [0.717, 1.165) is 30.6 Å². The van der Waals surface area contributed by atoms with Gasteiger partial charge in [-0.15, -0.1) is 0 Å². The lowest BCUT2D eigenvalue weighted by Gasteiger charge is -2.45. The van der Waals surface area contributed by atoms with Crippen LogP contribution < -0.4 is 16.0 Å². The van der Waals surface area contributed by atoms with Gasteiger partial charge in [-0.2, -0.15) is 13.2 Å². The molecule has 0 bridgehead atoms. The van der Waals surface area contributed by atoms with Crippen LogP contribution in [0.2, 0.25) is 0 Å². The number of nitrogens with one attached hydrogen (secondary N) is 3. The van der Waals surface area contributed by atoms with Crippen molar-refractivity contribution in [3.05, 3.63) is 0 Å². The monoisotopic (exact) mass is 1320 g/mol. The van der Waals surface area contributed by atoms with Gasteiger partial charge in [0, 0.05) is 67.8 Å². The molecule has 3 N–H and O–H groups in total. The molecule has 3 heterocycles. The summed E-state index contributed by atoms with van der Waals surface area (Å²) in [5.74, 6) is -10.1. The molecular formula is C67H107F4N11O11. The number of nitrogens with zero attached hydrogens (tertiary/aromatic N) is 8. The summed E-state index contributed by atoms with van der Waals surface area (Å²) < 4.78 is 56.6. The maximum absolute atomic E-state index is 15.4. The molecule has 524 valence electrons. The highest BCUT2D eigenvalue weighted by Crippen LogP contribution is 2.43. The summed E-state index contributed by atoms with van der Waals surface area (Å²) in [6, 6.07) is -9.64. The lowest BCUT2D eigenvalue weighted by Crippen LogP contribution is -2.65. The minimum Gasteiger partial charge on any atom is -0.343 e. The van der Waals surface area contributed by atoms with E-state index in [1.165, 1.54) is 69.4 Å². The van der Waals surface area contributed by atoms with Crippen LogP contribution >= 0.6 is 0 Å². The predicted molar refractivity (Wildman–Crippen MR) is 338 cm³/mol. The lowest BCUT2D eigenvalue weighted by atomic mass is 9.78.